The van der Waals surface area contributed by atoms with Gasteiger partial charge >= 0.3 is 5.97 Å². The van der Waals surface area contributed by atoms with Crippen molar-refractivity contribution < 1.29 is 23.8 Å². The molecule has 1 aromatic carbocycles. The average molecular weight is 293 g/mol. The highest BCUT2D eigenvalue weighted by molar-refractivity contribution is 6.04. The van der Waals surface area contributed by atoms with Gasteiger partial charge in [0.25, 0.3) is 0 Å². The highest BCUT2D eigenvalue weighted by atomic mass is 19.1. The first kappa shape index (κ1) is 14.0. The summed E-state index contributed by atoms with van der Waals surface area (Å²) in [6.45, 7) is 0.814. The minimum Gasteiger partial charge on any atom is -0.480 e. The Bertz CT molecular complexity index is 585. The molecule has 1 amide bonds. The summed E-state index contributed by atoms with van der Waals surface area (Å²) >= 11 is 0. The molecule has 112 valence electrons. The number of rotatable bonds is 3. The van der Waals surface area contributed by atoms with E-state index in [0.29, 0.717) is 24.9 Å². The van der Waals surface area contributed by atoms with E-state index in [4.69, 9.17) is 4.74 Å². The fourth-order valence-electron chi connectivity index (χ4n) is 2.70. The van der Waals surface area contributed by atoms with Crippen LogP contribution in [-0.4, -0.2) is 41.6 Å². The minimum absolute atomic E-state index is 0.189. The lowest BCUT2D eigenvalue weighted by atomic mass is 10.0. The second-order valence-electron chi connectivity index (χ2n) is 5.52. The van der Waals surface area contributed by atoms with E-state index in [1.54, 1.807) is 18.2 Å². The van der Waals surface area contributed by atoms with Gasteiger partial charge in [-0.15, -0.1) is 0 Å². The predicted octanol–water partition coefficient (Wildman–Crippen LogP) is 1.59. The lowest BCUT2D eigenvalue weighted by molar-refractivity contribution is -0.157. The zero-order chi connectivity index (χ0) is 15.0. The van der Waals surface area contributed by atoms with Gasteiger partial charge in [0.15, 0.2) is 0 Å². The van der Waals surface area contributed by atoms with Crippen LogP contribution in [0, 0.1) is 11.2 Å². The predicted molar refractivity (Wildman–Crippen MR) is 71.0 cm³/mol. The molecule has 1 saturated heterocycles. The van der Waals surface area contributed by atoms with Crippen molar-refractivity contribution in [2.75, 3.05) is 19.7 Å². The quantitative estimate of drug-likeness (QED) is 0.859. The Balaban J connectivity index is 1.76. The first-order valence-electron chi connectivity index (χ1n) is 6.93. The summed E-state index contributed by atoms with van der Waals surface area (Å²) in [5.41, 5.74) is -0.855. The summed E-state index contributed by atoms with van der Waals surface area (Å²) in [5, 5.41) is 9.19. The molecule has 21 heavy (non-hydrogen) atoms. The van der Waals surface area contributed by atoms with Crippen molar-refractivity contribution in [2.24, 2.45) is 5.41 Å². The zero-order valence-electron chi connectivity index (χ0n) is 11.4. The van der Waals surface area contributed by atoms with Crippen LogP contribution in [0.25, 0.3) is 0 Å². The molecule has 1 atom stereocenters. The maximum atomic E-state index is 13.8. The van der Waals surface area contributed by atoms with E-state index < -0.39 is 17.5 Å². The molecule has 1 heterocycles. The number of carbonyl (C=O) groups is 2. The van der Waals surface area contributed by atoms with Gasteiger partial charge in [-0.05, 0) is 18.9 Å². The van der Waals surface area contributed by atoms with Gasteiger partial charge in [-0.25, -0.2) is 4.39 Å². The van der Waals surface area contributed by atoms with Crippen LogP contribution in [0.15, 0.2) is 24.3 Å². The third-order valence-corrected chi connectivity index (χ3v) is 4.17. The van der Waals surface area contributed by atoms with Gasteiger partial charge in [0.2, 0.25) is 5.91 Å². The lowest BCUT2D eigenvalue weighted by Crippen LogP contribution is -2.47. The molecule has 0 radical (unpaired) electrons. The number of carboxylic acid groups (broad SMARTS) is 1. The number of amides is 1. The van der Waals surface area contributed by atoms with Gasteiger partial charge in [0, 0.05) is 12.1 Å². The minimum atomic E-state index is -1.25. The molecule has 0 spiro atoms. The molecular weight excluding hydrogens is 277 g/mol. The van der Waals surface area contributed by atoms with Gasteiger partial charge < -0.3 is 14.7 Å². The largest absolute Gasteiger partial charge is 0.480 e. The van der Waals surface area contributed by atoms with E-state index in [9.17, 15) is 19.1 Å². The Hall–Kier alpha value is -1.95. The SMILES string of the molecule is O=C(O)C1(C(=O)N2CCOC(c3ccccc3F)C2)CC1. The highest BCUT2D eigenvalue weighted by Gasteiger charge is 2.58. The summed E-state index contributed by atoms with van der Waals surface area (Å²) in [5.74, 6) is -1.82. The molecule has 1 aliphatic carbocycles. The third-order valence-electron chi connectivity index (χ3n) is 4.17. The van der Waals surface area contributed by atoms with E-state index in [2.05, 4.69) is 0 Å². The van der Waals surface area contributed by atoms with E-state index in [0.717, 1.165) is 0 Å². The number of hydrogen-bond donors (Lipinski definition) is 1. The number of hydrogen-bond acceptors (Lipinski definition) is 3. The van der Waals surface area contributed by atoms with Crippen molar-refractivity contribution in [3.63, 3.8) is 0 Å². The van der Waals surface area contributed by atoms with Crippen molar-refractivity contribution in [3.8, 4) is 0 Å². The maximum Gasteiger partial charge on any atom is 0.319 e. The van der Waals surface area contributed by atoms with Crippen molar-refractivity contribution in [3.05, 3.63) is 35.6 Å². The molecule has 1 unspecified atom stereocenters. The van der Waals surface area contributed by atoms with E-state index in [1.807, 2.05) is 0 Å². The maximum absolute atomic E-state index is 13.8. The molecule has 6 heteroatoms. The Kier molecular flexibility index (Phi) is 3.41. The fourth-order valence-corrected chi connectivity index (χ4v) is 2.70. The molecule has 0 bridgehead atoms. The van der Waals surface area contributed by atoms with Gasteiger partial charge in [-0.1, -0.05) is 18.2 Å². The number of halogens is 1. The van der Waals surface area contributed by atoms with Crippen molar-refractivity contribution in [1.29, 1.82) is 0 Å². The number of nitrogens with zero attached hydrogens (tertiary/aromatic N) is 1. The van der Waals surface area contributed by atoms with Gasteiger partial charge in [0.1, 0.15) is 17.3 Å². The number of carbonyl (C=O) groups excluding carboxylic acids is 1. The highest BCUT2D eigenvalue weighted by Crippen LogP contribution is 2.48. The molecule has 5 nitrogen and oxygen atoms in total. The number of morpholine rings is 1. The van der Waals surface area contributed by atoms with E-state index in [1.165, 1.54) is 11.0 Å². The van der Waals surface area contributed by atoms with Crippen LogP contribution in [-0.2, 0) is 14.3 Å². The third kappa shape index (κ3) is 2.40. The van der Waals surface area contributed by atoms with Gasteiger partial charge in [-0.3, -0.25) is 9.59 Å². The van der Waals surface area contributed by atoms with Crippen LogP contribution in [0.4, 0.5) is 4.39 Å². The van der Waals surface area contributed by atoms with Crippen LogP contribution in [0.2, 0.25) is 0 Å². The standard InChI is InChI=1S/C15H16FNO4/c16-11-4-2-1-3-10(11)12-9-17(7-8-21-12)13(18)15(5-6-15)14(19)20/h1-4,12H,5-9H2,(H,19,20). The van der Waals surface area contributed by atoms with Crippen LogP contribution >= 0.6 is 0 Å². The topological polar surface area (TPSA) is 66.8 Å². The molecule has 3 rings (SSSR count). The number of carboxylic acids is 1. The summed E-state index contributed by atoms with van der Waals surface area (Å²) in [6.07, 6.45) is 0.208. The molecule has 2 fully saturated rings. The molecule has 1 aliphatic heterocycles. The summed E-state index contributed by atoms with van der Waals surface area (Å²) < 4.78 is 19.3. The first-order chi connectivity index (χ1) is 10.0. The number of benzene rings is 1. The molecule has 1 N–H and O–H groups in total. The Morgan fingerprint density at radius 3 is 2.67 bits per heavy atom. The summed E-state index contributed by atoms with van der Waals surface area (Å²) in [4.78, 5) is 25.1. The summed E-state index contributed by atoms with van der Waals surface area (Å²) in [7, 11) is 0. The number of ether oxygens (including phenoxy) is 1. The van der Waals surface area contributed by atoms with Crippen LogP contribution in [0.3, 0.4) is 0 Å². The molecule has 2 aliphatic rings. The lowest BCUT2D eigenvalue weighted by Gasteiger charge is -2.34. The van der Waals surface area contributed by atoms with Crippen LogP contribution < -0.4 is 0 Å². The molecule has 0 aromatic heterocycles. The second-order valence-corrected chi connectivity index (χ2v) is 5.52. The molecule has 1 aromatic rings. The average Bonchev–Trinajstić information content (AvgIpc) is 3.29. The normalized spacial score (nSPS) is 23.7. The van der Waals surface area contributed by atoms with Crippen molar-refractivity contribution in [1.82, 2.24) is 4.90 Å². The summed E-state index contributed by atoms with van der Waals surface area (Å²) in [6, 6.07) is 6.27. The van der Waals surface area contributed by atoms with Crippen LogP contribution in [0.1, 0.15) is 24.5 Å². The first-order valence-corrected chi connectivity index (χ1v) is 6.93. The Morgan fingerprint density at radius 1 is 1.33 bits per heavy atom. The van der Waals surface area contributed by atoms with Crippen LogP contribution in [0.5, 0.6) is 0 Å². The zero-order valence-corrected chi connectivity index (χ0v) is 11.4. The van der Waals surface area contributed by atoms with Crippen molar-refractivity contribution in [2.45, 2.75) is 18.9 Å². The molecular formula is C15H16FNO4. The fraction of sp³-hybridized carbons (Fsp3) is 0.467. The molecule has 1 saturated carbocycles. The number of aliphatic carboxylic acids is 1. The van der Waals surface area contributed by atoms with E-state index in [-0.39, 0.29) is 24.9 Å². The Labute approximate surface area is 121 Å². The monoisotopic (exact) mass is 293 g/mol. The smallest absolute Gasteiger partial charge is 0.319 e. The van der Waals surface area contributed by atoms with Gasteiger partial charge in [-0.2, -0.15) is 0 Å². The van der Waals surface area contributed by atoms with E-state index >= 15 is 0 Å². The van der Waals surface area contributed by atoms with Crippen molar-refractivity contribution >= 4 is 11.9 Å². The van der Waals surface area contributed by atoms with Gasteiger partial charge in [0.05, 0.1) is 13.2 Å². The Morgan fingerprint density at radius 2 is 2.05 bits per heavy atom. The second kappa shape index (κ2) is 5.11.